The molecule has 0 bridgehead atoms. The molecule has 0 rings (SSSR count). The number of amides is 1. The molecule has 0 saturated heterocycles. The third-order valence-electron chi connectivity index (χ3n) is 2.53. The van der Waals surface area contributed by atoms with Crippen LogP contribution in [0.2, 0.25) is 0 Å². The van der Waals surface area contributed by atoms with Crippen molar-refractivity contribution in [2.75, 3.05) is 14.1 Å². The SMILES string of the molecule is CCC(CC)(C(=O)N(C)C)P(=O)(O)O. The molecular weight excluding hydrogens is 205 g/mol. The maximum absolute atomic E-state index is 11.7. The number of nitrogens with zero attached hydrogens (tertiary/aromatic N) is 1. The molecule has 0 atom stereocenters. The summed E-state index contributed by atoms with van der Waals surface area (Å²) in [6, 6.07) is 0. The van der Waals surface area contributed by atoms with Gasteiger partial charge in [0.1, 0.15) is 5.16 Å². The van der Waals surface area contributed by atoms with E-state index in [4.69, 9.17) is 0 Å². The molecule has 6 heteroatoms. The first-order chi connectivity index (χ1) is 6.23. The van der Waals surface area contributed by atoms with Gasteiger partial charge in [0.15, 0.2) is 0 Å². The van der Waals surface area contributed by atoms with Gasteiger partial charge in [-0.2, -0.15) is 0 Å². The molecule has 0 heterocycles. The Labute approximate surface area is 84.3 Å². The lowest BCUT2D eigenvalue weighted by atomic mass is 10.0. The van der Waals surface area contributed by atoms with Crippen molar-refractivity contribution < 1.29 is 19.1 Å². The Hall–Kier alpha value is -0.380. The Balaban J connectivity index is 5.30. The molecule has 84 valence electrons. The Morgan fingerprint density at radius 2 is 1.64 bits per heavy atom. The summed E-state index contributed by atoms with van der Waals surface area (Å²) in [4.78, 5) is 31.4. The van der Waals surface area contributed by atoms with Crippen LogP contribution >= 0.6 is 7.60 Å². The molecule has 0 saturated carbocycles. The van der Waals surface area contributed by atoms with Gasteiger partial charge in [-0.05, 0) is 12.8 Å². The minimum absolute atomic E-state index is 0.144. The van der Waals surface area contributed by atoms with Crippen LogP contribution in [0.1, 0.15) is 26.7 Å². The van der Waals surface area contributed by atoms with Gasteiger partial charge in [0, 0.05) is 14.1 Å². The van der Waals surface area contributed by atoms with Crippen LogP contribution in [0.3, 0.4) is 0 Å². The van der Waals surface area contributed by atoms with Gasteiger partial charge in [0.2, 0.25) is 5.91 Å². The van der Waals surface area contributed by atoms with Crippen LogP contribution in [0, 0.1) is 0 Å². The van der Waals surface area contributed by atoms with Crippen molar-refractivity contribution in [1.82, 2.24) is 4.90 Å². The van der Waals surface area contributed by atoms with Gasteiger partial charge in [-0.1, -0.05) is 13.8 Å². The highest BCUT2D eigenvalue weighted by Gasteiger charge is 2.51. The van der Waals surface area contributed by atoms with E-state index >= 15 is 0 Å². The van der Waals surface area contributed by atoms with E-state index in [1.165, 1.54) is 19.0 Å². The van der Waals surface area contributed by atoms with E-state index < -0.39 is 18.7 Å². The third-order valence-corrected chi connectivity index (χ3v) is 4.47. The zero-order valence-corrected chi connectivity index (χ0v) is 9.91. The molecule has 0 aromatic carbocycles. The molecule has 0 aromatic heterocycles. The topological polar surface area (TPSA) is 77.8 Å². The fraction of sp³-hybridized carbons (Fsp3) is 0.875. The molecule has 0 aliphatic heterocycles. The molecular formula is C8H18NO4P. The van der Waals surface area contributed by atoms with Gasteiger partial charge >= 0.3 is 7.60 Å². The van der Waals surface area contributed by atoms with Crippen molar-refractivity contribution in [1.29, 1.82) is 0 Å². The summed E-state index contributed by atoms with van der Waals surface area (Å²) < 4.78 is 11.3. The van der Waals surface area contributed by atoms with Gasteiger partial charge in [0.05, 0.1) is 0 Å². The highest BCUT2D eigenvalue weighted by molar-refractivity contribution is 7.54. The maximum atomic E-state index is 11.7. The van der Waals surface area contributed by atoms with Gasteiger partial charge < -0.3 is 14.7 Å². The molecule has 0 radical (unpaired) electrons. The van der Waals surface area contributed by atoms with E-state index in [1.54, 1.807) is 13.8 Å². The molecule has 0 aliphatic rings. The molecule has 0 aromatic rings. The molecule has 0 unspecified atom stereocenters. The number of carbonyl (C=O) groups excluding carboxylic acids is 1. The van der Waals surface area contributed by atoms with Gasteiger partial charge in [-0.15, -0.1) is 0 Å². The monoisotopic (exact) mass is 223 g/mol. The second-order valence-electron chi connectivity index (χ2n) is 3.48. The second-order valence-corrected chi connectivity index (χ2v) is 5.43. The Morgan fingerprint density at radius 3 is 1.71 bits per heavy atom. The standard InChI is InChI=1S/C8H18NO4P/c1-5-8(6-2,14(11,12)13)7(10)9(3)4/h5-6H2,1-4H3,(H2,11,12,13). The fourth-order valence-electron chi connectivity index (χ4n) is 1.51. The van der Waals surface area contributed by atoms with E-state index in [1.807, 2.05) is 0 Å². The molecule has 1 amide bonds. The Kier molecular flexibility index (Phi) is 4.31. The molecule has 5 nitrogen and oxygen atoms in total. The molecule has 14 heavy (non-hydrogen) atoms. The van der Waals surface area contributed by atoms with Crippen LogP contribution in [0.5, 0.6) is 0 Å². The zero-order chi connectivity index (χ0) is 11.6. The fourth-order valence-corrected chi connectivity index (χ4v) is 2.78. The van der Waals surface area contributed by atoms with Crippen molar-refractivity contribution in [3.63, 3.8) is 0 Å². The maximum Gasteiger partial charge on any atom is 0.340 e. The summed E-state index contributed by atoms with van der Waals surface area (Å²) in [5, 5.41) is -1.55. The van der Waals surface area contributed by atoms with Crippen LogP contribution in [-0.2, 0) is 9.36 Å². The van der Waals surface area contributed by atoms with Crippen LogP contribution < -0.4 is 0 Å². The molecule has 0 spiro atoms. The van der Waals surface area contributed by atoms with E-state index in [2.05, 4.69) is 0 Å². The molecule has 0 aliphatic carbocycles. The Bertz CT molecular complexity index is 254. The second kappa shape index (κ2) is 4.43. The molecule has 2 N–H and O–H groups in total. The predicted octanol–water partition coefficient (Wildman–Crippen LogP) is 0.811. The van der Waals surface area contributed by atoms with Crippen molar-refractivity contribution in [3.05, 3.63) is 0 Å². The number of carbonyl (C=O) groups is 1. The summed E-state index contributed by atoms with van der Waals surface area (Å²) in [6.45, 7) is 3.23. The first kappa shape index (κ1) is 13.6. The highest BCUT2D eigenvalue weighted by atomic mass is 31.2. The van der Waals surface area contributed by atoms with Crippen molar-refractivity contribution >= 4 is 13.5 Å². The van der Waals surface area contributed by atoms with Gasteiger partial charge in [-0.25, -0.2) is 0 Å². The average molecular weight is 223 g/mol. The quantitative estimate of drug-likeness (QED) is 0.691. The highest BCUT2D eigenvalue weighted by Crippen LogP contribution is 2.55. The average Bonchev–Trinajstić information content (AvgIpc) is 2.04. The van der Waals surface area contributed by atoms with Crippen LogP contribution in [0.4, 0.5) is 0 Å². The lowest BCUT2D eigenvalue weighted by molar-refractivity contribution is -0.132. The number of hydrogen-bond donors (Lipinski definition) is 2. The van der Waals surface area contributed by atoms with Crippen molar-refractivity contribution in [2.45, 2.75) is 31.8 Å². The number of rotatable bonds is 4. The van der Waals surface area contributed by atoms with Crippen LogP contribution in [0.15, 0.2) is 0 Å². The van der Waals surface area contributed by atoms with Crippen molar-refractivity contribution in [3.8, 4) is 0 Å². The summed E-state index contributed by atoms with van der Waals surface area (Å²) >= 11 is 0. The lowest BCUT2D eigenvalue weighted by Crippen LogP contribution is -2.45. The predicted molar refractivity (Wildman–Crippen MR) is 54.1 cm³/mol. The lowest BCUT2D eigenvalue weighted by Gasteiger charge is -2.33. The minimum atomic E-state index is -4.41. The summed E-state index contributed by atoms with van der Waals surface area (Å²) in [5.74, 6) is -0.504. The van der Waals surface area contributed by atoms with Gasteiger partial charge in [-0.3, -0.25) is 9.36 Å². The minimum Gasteiger partial charge on any atom is -0.348 e. The zero-order valence-electron chi connectivity index (χ0n) is 9.02. The largest absolute Gasteiger partial charge is 0.348 e. The van der Waals surface area contributed by atoms with Crippen LogP contribution in [0.25, 0.3) is 0 Å². The van der Waals surface area contributed by atoms with E-state index in [0.29, 0.717) is 0 Å². The smallest absolute Gasteiger partial charge is 0.340 e. The first-order valence-corrected chi connectivity index (χ1v) is 6.11. The summed E-state index contributed by atoms with van der Waals surface area (Å²) in [7, 11) is -1.41. The van der Waals surface area contributed by atoms with Crippen LogP contribution in [-0.4, -0.2) is 39.8 Å². The summed E-state index contributed by atoms with van der Waals surface area (Å²) in [5.41, 5.74) is 0. The van der Waals surface area contributed by atoms with E-state index in [0.717, 1.165) is 0 Å². The summed E-state index contributed by atoms with van der Waals surface area (Å²) in [6.07, 6.45) is 0.287. The third kappa shape index (κ3) is 2.16. The van der Waals surface area contributed by atoms with E-state index in [9.17, 15) is 19.1 Å². The normalized spacial score (nSPS) is 12.7. The van der Waals surface area contributed by atoms with Crippen molar-refractivity contribution in [2.24, 2.45) is 0 Å². The molecule has 0 fully saturated rings. The van der Waals surface area contributed by atoms with E-state index in [-0.39, 0.29) is 12.8 Å². The Morgan fingerprint density at radius 1 is 1.29 bits per heavy atom. The number of hydrogen-bond acceptors (Lipinski definition) is 2. The van der Waals surface area contributed by atoms with Gasteiger partial charge in [0.25, 0.3) is 0 Å². The first-order valence-electron chi connectivity index (χ1n) is 4.50.